The Hall–Kier alpha value is -0.370. The standard InChI is InChI=1S/C9H15O3P/c1-2-5-9(13(10,11)12)8-6-3-4-7-8/h3,6-7,9H,2,4-5H2,1H3,(H2,10,11,12). The van der Waals surface area contributed by atoms with Crippen LogP contribution < -0.4 is 0 Å². The molecule has 13 heavy (non-hydrogen) atoms. The summed E-state index contributed by atoms with van der Waals surface area (Å²) in [7, 11) is -3.96. The quantitative estimate of drug-likeness (QED) is 0.687. The Morgan fingerprint density at radius 2 is 2.31 bits per heavy atom. The van der Waals surface area contributed by atoms with Crippen LogP contribution >= 0.6 is 7.60 Å². The van der Waals surface area contributed by atoms with Crippen molar-refractivity contribution in [3.63, 3.8) is 0 Å². The van der Waals surface area contributed by atoms with E-state index in [0.717, 1.165) is 18.4 Å². The molecule has 0 amide bonds. The van der Waals surface area contributed by atoms with Gasteiger partial charge in [0.15, 0.2) is 0 Å². The fourth-order valence-electron chi connectivity index (χ4n) is 1.53. The molecule has 4 heteroatoms. The van der Waals surface area contributed by atoms with Crippen molar-refractivity contribution in [2.75, 3.05) is 0 Å². The molecule has 1 aliphatic carbocycles. The van der Waals surface area contributed by atoms with E-state index in [-0.39, 0.29) is 0 Å². The molecule has 0 saturated carbocycles. The first-order valence-electron chi connectivity index (χ1n) is 4.47. The van der Waals surface area contributed by atoms with Gasteiger partial charge in [-0.3, -0.25) is 4.57 Å². The number of allylic oxidation sites excluding steroid dienone is 4. The molecule has 0 aromatic carbocycles. The van der Waals surface area contributed by atoms with Crippen molar-refractivity contribution in [2.45, 2.75) is 31.8 Å². The van der Waals surface area contributed by atoms with Crippen LogP contribution in [0.25, 0.3) is 0 Å². The summed E-state index contributed by atoms with van der Waals surface area (Å²) in [6.45, 7) is 1.93. The first-order valence-corrected chi connectivity index (χ1v) is 6.15. The van der Waals surface area contributed by atoms with Gasteiger partial charge in [0.05, 0.1) is 5.66 Å². The normalized spacial score (nSPS) is 18.8. The van der Waals surface area contributed by atoms with Gasteiger partial charge in [-0.15, -0.1) is 0 Å². The summed E-state index contributed by atoms with van der Waals surface area (Å²) in [4.78, 5) is 18.2. The minimum Gasteiger partial charge on any atom is -0.324 e. The van der Waals surface area contributed by atoms with Gasteiger partial charge < -0.3 is 9.79 Å². The van der Waals surface area contributed by atoms with E-state index >= 15 is 0 Å². The lowest BCUT2D eigenvalue weighted by atomic mass is 10.1. The van der Waals surface area contributed by atoms with E-state index in [1.807, 2.05) is 25.2 Å². The molecule has 0 aromatic heterocycles. The lowest BCUT2D eigenvalue weighted by molar-refractivity contribution is 0.360. The molecular formula is C9H15O3P. The van der Waals surface area contributed by atoms with Gasteiger partial charge in [0, 0.05) is 0 Å². The second-order valence-electron chi connectivity index (χ2n) is 3.24. The average molecular weight is 202 g/mol. The van der Waals surface area contributed by atoms with Crippen molar-refractivity contribution in [2.24, 2.45) is 0 Å². The van der Waals surface area contributed by atoms with Gasteiger partial charge in [-0.25, -0.2) is 0 Å². The van der Waals surface area contributed by atoms with Crippen LogP contribution in [0.15, 0.2) is 23.8 Å². The molecule has 0 spiro atoms. The monoisotopic (exact) mass is 202 g/mol. The van der Waals surface area contributed by atoms with Crippen LogP contribution in [0.5, 0.6) is 0 Å². The summed E-state index contributed by atoms with van der Waals surface area (Å²) in [6.07, 6.45) is 7.78. The Kier molecular flexibility index (Phi) is 3.48. The summed E-state index contributed by atoms with van der Waals surface area (Å²) >= 11 is 0. The third kappa shape index (κ3) is 2.80. The summed E-state index contributed by atoms with van der Waals surface area (Å²) in [6, 6.07) is 0. The molecule has 2 N–H and O–H groups in total. The molecule has 1 unspecified atom stereocenters. The fourth-order valence-corrected chi connectivity index (χ4v) is 2.70. The highest BCUT2D eigenvalue weighted by Gasteiger charge is 2.30. The van der Waals surface area contributed by atoms with Gasteiger partial charge in [-0.05, 0) is 18.4 Å². The van der Waals surface area contributed by atoms with Crippen LogP contribution in [0.2, 0.25) is 0 Å². The van der Waals surface area contributed by atoms with Gasteiger partial charge in [0.25, 0.3) is 0 Å². The second kappa shape index (κ2) is 4.23. The van der Waals surface area contributed by atoms with Gasteiger partial charge >= 0.3 is 7.60 Å². The Labute approximate surface area is 78.3 Å². The lowest BCUT2D eigenvalue weighted by Crippen LogP contribution is -2.09. The van der Waals surface area contributed by atoms with E-state index in [2.05, 4.69) is 0 Å². The van der Waals surface area contributed by atoms with Gasteiger partial charge in [-0.2, -0.15) is 0 Å². The first-order chi connectivity index (χ1) is 6.05. The fraction of sp³-hybridized carbons (Fsp3) is 0.556. The molecule has 3 nitrogen and oxygen atoms in total. The highest BCUT2D eigenvalue weighted by molar-refractivity contribution is 7.52. The molecule has 0 aliphatic heterocycles. The van der Waals surface area contributed by atoms with Gasteiger partial charge in [-0.1, -0.05) is 31.6 Å². The van der Waals surface area contributed by atoms with Crippen LogP contribution in [0.3, 0.4) is 0 Å². The SMILES string of the molecule is CCCC(C1=CCC=C1)P(=O)(O)O. The molecule has 0 heterocycles. The van der Waals surface area contributed by atoms with Crippen molar-refractivity contribution >= 4 is 7.60 Å². The Bertz CT molecular complexity index is 275. The summed E-state index contributed by atoms with van der Waals surface area (Å²) in [5.74, 6) is 0. The Morgan fingerprint density at radius 3 is 2.69 bits per heavy atom. The van der Waals surface area contributed by atoms with E-state index in [1.165, 1.54) is 0 Å². The minimum atomic E-state index is -3.96. The van der Waals surface area contributed by atoms with Crippen LogP contribution in [0, 0.1) is 0 Å². The predicted molar refractivity (Wildman–Crippen MR) is 52.6 cm³/mol. The zero-order valence-corrected chi connectivity index (χ0v) is 8.58. The van der Waals surface area contributed by atoms with Crippen molar-refractivity contribution in [3.05, 3.63) is 23.8 Å². The predicted octanol–water partition coefficient (Wildman–Crippen LogP) is 2.22. The third-order valence-corrected chi connectivity index (χ3v) is 3.52. The molecule has 0 radical (unpaired) electrons. The van der Waals surface area contributed by atoms with Crippen LogP contribution in [-0.4, -0.2) is 15.4 Å². The average Bonchev–Trinajstić information content (AvgIpc) is 2.49. The van der Waals surface area contributed by atoms with E-state index < -0.39 is 13.3 Å². The van der Waals surface area contributed by atoms with Crippen molar-refractivity contribution in [1.29, 1.82) is 0 Å². The number of hydrogen-bond donors (Lipinski definition) is 2. The molecule has 0 bridgehead atoms. The van der Waals surface area contributed by atoms with Gasteiger partial charge in [0.1, 0.15) is 0 Å². The molecule has 0 saturated heterocycles. The van der Waals surface area contributed by atoms with Crippen molar-refractivity contribution in [1.82, 2.24) is 0 Å². The molecule has 1 atom stereocenters. The molecule has 1 rings (SSSR count). The van der Waals surface area contributed by atoms with E-state index in [9.17, 15) is 4.57 Å². The van der Waals surface area contributed by atoms with E-state index in [1.54, 1.807) is 0 Å². The molecular weight excluding hydrogens is 187 g/mol. The topological polar surface area (TPSA) is 57.5 Å². The highest BCUT2D eigenvalue weighted by Crippen LogP contribution is 2.48. The van der Waals surface area contributed by atoms with Crippen molar-refractivity contribution in [3.8, 4) is 0 Å². The Morgan fingerprint density at radius 1 is 1.62 bits per heavy atom. The smallest absolute Gasteiger partial charge is 0.324 e. The molecule has 0 fully saturated rings. The second-order valence-corrected chi connectivity index (χ2v) is 5.04. The van der Waals surface area contributed by atoms with Crippen LogP contribution in [-0.2, 0) is 4.57 Å². The maximum Gasteiger partial charge on any atom is 0.332 e. The first kappa shape index (κ1) is 10.7. The zero-order chi connectivity index (χ0) is 9.90. The maximum atomic E-state index is 11.1. The number of rotatable bonds is 4. The highest BCUT2D eigenvalue weighted by atomic mass is 31.2. The zero-order valence-electron chi connectivity index (χ0n) is 7.68. The molecule has 74 valence electrons. The van der Waals surface area contributed by atoms with Crippen LogP contribution in [0.4, 0.5) is 0 Å². The minimum absolute atomic E-state index is 0.556. The van der Waals surface area contributed by atoms with Crippen LogP contribution in [0.1, 0.15) is 26.2 Å². The molecule has 0 aromatic rings. The third-order valence-electron chi connectivity index (χ3n) is 2.15. The van der Waals surface area contributed by atoms with E-state index in [4.69, 9.17) is 9.79 Å². The van der Waals surface area contributed by atoms with Gasteiger partial charge in [0.2, 0.25) is 0 Å². The van der Waals surface area contributed by atoms with Crippen molar-refractivity contribution < 1.29 is 14.4 Å². The Balaban J connectivity index is 2.79. The summed E-state index contributed by atoms with van der Waals surface area (Å²) in [5, 5.41) is 0. The van der Waals surface area contributed by atoms with E-state index in [0.29, 0.717) is 6.42 Å². The largest absolute Gasteiger partial charge is 0.332 e. The summed E-state index contributed by atoms with van der Waals surface area (Å²) in [5.41, 5.74) is 0.214. The summed E-state index contributed by atoms with van der Waals surface area (Å²) < 4.78 is 11.1. The lowest BCUT2D eigenvalue weighted by Gasteiger charge is -2.17. The number of hydrogen-bond acceptors (Lipinski definition) is 1. The maximum absolute atomic E-state index is 11.1. The molecule has 1 aliphatic rings.